The van der Waals surface area contributed by atoms with Crippen LogP contribution in [0.5, 0.6) is 0 Å². The van der Waals surface area contributed by atoms with Gasteiger partial charge in [-0.3, -0.25) is 19.3 Å². The van der Waals surface area contributed by atoms with Gasteiger partial charge in [-0.15, -0.1) is 0 Å². The highest BCUT2D eigenvalue weighted by Crippen LogP contribution is 2.22. The van der Waals surface area contributed by atoms with Gasteiger partial charge in [0, 0.05) is 10.2 Å². The molecule has 1 atom stereocenters. The Hall–Kier alpha value is -3.35. The number of halogens is 1. The maximum Gasteiger partial charge on any atom is 0.266 e. The minimum atomic E-state index is -1.37. The van der Waals surface area contributed by atoms with Gasteiger partial charge < -0.3 is 10.6 Å². The molecule has 3 rings (SSSR count). The molecule has 0 saturated carbocycles. The van der Waals surface area contributed by atoms with Gasteiger partial charge in [0.05, 0.1) is 5.69 Å². The summed E-state index contributed by atoms with van der Waals surface area (Å²) >= 11 is 8.40. The molecule has 1 aliphatic rings. The molecule has 0 aromatic heterocycles. The van der Waals surface area contributed by atoms with Gasteiger partial charge in [0.1, 0.15) is 17.6 Å². The van der Waals surface area contributed by atoms with Crippen LogP contribution in [0.4, 0.5) is 11.4 Å². The van der Waals surface area contributed by atoms with Gasteiger partial charge in [0.25, 0.3) is 5.91 Å². The van der Waals surface area contributed by atoms with Crippen LogP contribution in [-0.2, 0) is 14.4 Å². The number of nitrogens with one attached hydrogen (secondary N) is 2. The summed E-state index contributed by atoms with van der Waals surface area (Å²) in [5.41, 5.74) is 0.576. The zero-order valence-electron chi connectivity index (χ0n) is 14.8. The van der Waals surface area contributed by atoms with Gasteiger partial charge in [-0.05, 0) is 54.7 Å². The van der Waals surface area contributed by atoms with Crippen LogP contribution in [0.2, 0.25) is 0 Å². The molecule has 0 radical (unpaired) electrons. The van der Waals surface area contributed by atoms with Gasteiger partial charge in [-0.25, -0.2) is 0 Å². The van der Waals surface area contributed by atoms with E-state index in [0.29, 0.717) is 11.4 Å². The van der Waals surface area contributed by atoms with Gasteiger partial charge in [-0.1, -0.05) is 34.1 Å². The molecule has 1 fully saturated rings. The van der Waals surface area contributed by atoms with Crippen LogP contribution in [0.3, 0.4) is 0 Å². The molecule has 7 nitrogen and oxygen atoms in total. The number of thiocarbonyl (C=S) groups is 1. The molecule has 0 unspecified atom stereocenters. The summed E-state index contributed by atoms with van der Waals surface area (Å²) in [6.07, 6.45) is 1.05. The summed E-state index contributed by atoms with van der Waals surface area (Å²) in [6.45, 7) is 0. The monoisotopic (exact) mass is 468 g/mol. The molecule has 3 amide bonds. The summed E-state index contributed by atoms with van der Waals surface area (Å²) in [5, 5.41) is 14.3. The van der Waals surface area contributed by atoms with E-state index in [9.17, 15) is 19.6 Å². The number of carbonyl (C=O) groups excluding carboxylic acids is 3. The smallest absolute Gasteiger partial charge is 0.266 e. The van der Waals surface area contributed by atoms with Crippen molar-refractivity contribution in [2.24, 2.45) is 5.92 Å². The summed E-state index contributed by atoms with van der Waals surface area (Å²) in [7, 11) is 0. The van der Waals surface area contributed by atoms with E-state index in [1.165, 1.54) is 4.90 Å². The first-order valence-electron chi connectivity index (χ1n) is 8.33. The lowest BCUT2D eigenvalue weighted by Crippen LogP contribution is -2.57. The fourth-order valence-electron chi connectivity index (χ4n) is 2.62. The van der Waals surface area contributed by atoms with Crippen molar-refractivity contribution < 1.29 is 14.4 Å². The topological polar surface area (TPSA) is 102 Å². The van der Waals surface area contributed by atoms with Crippen molar-refractivity contribution in [3.63, 3.8) is 0 Å². The van der Waals surface area contributed by atoms with E-state index < -0.39 is 23.6 Å². The first-order chi connectivity index (χ1) is 13.9. The second kappa shape index (κ2) is 8.77. The zero-order chi connectivity index (χ0) is 21.0. The number of para-hydroxylation sites is 1. The number of hydrogen-bond donors (Lipinski definition) is 2. The number of carbonyl (C=O) groups is 3. The Kier molecular flexibility index (Phi) is 6.16. The molecule has 2 aromatic carbocycles. The van der Waals surface area contributed by atoms with Crippen molar-refractivity contribution in [1.82, 2.24) is 5.32 Å². The fraction of sp³-hybridized carbons (Fsp3) is 0.0500. The minimum Gasteiger partial charge on any atom is -0.321 e. The van der Waals surface area contributed by atoms with E-state index in [-0.39, 0.29) is 10.7 Å². The van der Waals surface area contributed by atoms with Crippen molar-refractivity contribution in [3.8, 4) is 6.07 Å². The average Bonchev–Trinajstić information content (AvgIpc) is 2.70. The summed E-state index contributed by atoms with van der Waals surface area (Å²) in [6, 6.07) is 17.0. The van der Waals surface area contributed by atoms with Crippen molar-refractivity contribution in [2.45, 2.75) is 0 Å². The van der Waals surface area contributed by atoms with Crippen LogP contribution in [0, 0.1) is 17.2 Å². The lowest BCUT2D eigenvalue weighted by atomic mass is 10.0. The molecule has 0 aliphatic carbocycles. The van der Waals surface area contributed by atoms with Gasteiger partial charge in [-0.2, -0.15) is 5.26 Å². The first kappa shape index (κ1) is 20.4. The number of rotatable bonds is 4. The Labute approximate surface area is 180 Å². The quantitative estimate of drug-likeness (QED) is 0.310. The van der Waals surface area contributed by atoms with E-state index in [1.807, 2.05) is 0 Å². The molecule has 2 N–H and O–H groups in total. The van der Waals surface area contributed by atoms with E-state index in [2.05, 4.69) is 26.6 Å². The molecule has 9 heteroatoms. The van der Waals surface area contributed by atoms with E-state index in [1.54, 1.807) is 60.7 Å². The van der Waals surface area contributed by atoms with Crippen LogP contribution < -0.4 is 15.5 Å². The molecule has 0 bridgehead atoms. The number of nitrogens with zero attached hydrogens (tertiary/aromatic N) is 2. The van der Waals surface area contributed by atoms with Crippen molar-refractivity contribution in [2.75, 3.05) is 10.2 Å². The van der Waals surface area contributed by atoms with Crippen LogP contribution in [-0.4, -0.2) is 22.8 Å². The number of amides is 3. The van der Waals surface area contributed by atoms with Gasteiger partial charge in [0.2, 0.25) is 11.8 Å². The van der Waals surface area contributed by atoms with E-state index in [0.717, 1.165) is 10.5 Å². The molecule has 2 aromatic rings. The van der Waals surface area contributed by atoms with E-state index >= 15 is 0 Å². The predicted octanol–water partition coefficient (Wildman–Crippen LogP) is 2.90. The largest absolute Gasteiger partial charge is 0.321 e. The van der Waals surface area contributed by atoms with Gasteiger partial charge in [0.15, 0.2) is 5.11 Å². The summed E-state index contributed by atoms with van der Waals surface area (Å²) in [4.78, 5) is 38.8. The Morgan fingerprint density at radius 2 is 1.83 bits per heavy atom. The number of hydrogen-bond acceptors (Lipinski definition) is 5. The lowest BCUT2D eigenvalue weighted by molar-refractivity contribution is -0.131. The molecule has 144 valence electrons. The van der Waals surface area contributed by atoms with Crippen molar-refractivity contribution in [1.29, 1.82) is 5.26 Å². The molecule has 1 saturated heterocycles. The van der Waals surface area contributed by atoms with Crippen LogP contribution in [0.1, 0.15) is 0 Å². The maximum absolute atomic E-state index is 12.9. The molecular weight excluding hydrogens is 456 g/mol. The third kappa shape index (κ3) is 4.56. The highest BCUT2D eigenvalue weighted by molar-refractivity contribution is 9.10. The Bertz CT molecular complexity index is 1060. The fourth-order valence-corrected chi connectivity index (χ4v) is 3.18. The van der Waals surface area contributed by atoms with Crippen LogP contribution >= 0.6 is 28.1 Å². The number of nitriles is 1. The highest BCUT2D eigenvalue weighted by atomic mass is 79.9. The predicted molar refractivity (Wildman–Crippen MR) is 115 cm³/mol. The van der Waals surface area contributed by atoms with Crippen LogP contribution in [0.15, 0.2) is 70.7 Å². The SMILES string of the molecule is N#C/C(=C/[C@@H]1C(=O)NC(=S)N(c2ccccc2)C1=O)C(=O)Nc1ccc(Br)cc1. The Balaban J connectivity index is 1.87. The molecule has 1 heterocycles. The van der Waals surface area contributed by atoms with Crippen LogP contribution in [0.25, 0.3) is 0 Å². The molecule has 0 spiro atoms. The second-order valence-corrected chi connectivity index (χ2v) is 7.24. The van der Waals surface area contributed by atoms with Crippen molar-refractivity contribution in [3.05, 3.63) is 70.7 Å². The van der Waals surface area contributed by atoms with E-state index in [4.69, 9.17) is 12.2 Å². The second-order valence-electron chi connectivity index (χ2n) is 5.93. The number of anilines is 2. The van der Waals surface area contributed by atoms with Crippen molar-refractivity contribution >= 4 is 62.4 Å². The Morgan fingerprint density at radius 1 is 1.17 bits per heavy atom. The summed E-state index contributed by atoms with van der Waals surface area (Å²) in [5.74, 6) is -3.44. The normalized spacial score (nSPS) is 16.8. The molecule has 1 aliphatic heterocycles. The minimum absolute atomic E-state index is 0.0614. The third-order valence-electron chi connectivity index (χ3n) is 4.02. The third-order valence-corrected chi connectivity index (χ3v) is 4.83. The maximum atomic E-state index is 12.9. The average molecular weight is 469 g/mol. The molecule has 29 heavy (non-hydrogen) atoms. The standard InChI is InChI=1S/C20H13BrN4O3S/c21-13-6-8-14(9-7-13)23-17(26)12(11-22)10-16-18(27)24-20(29)25(19(16)28)15-4-2-1-3-5-15/h1-10,16H,(H,23,26)(H,24,27,29)/b12-10-/t16-/m1/s1. The lowest BCUT2D eigenvalue weighted by Gasteiger charge is -2.31. The summed E-state index contributed by atoms with van der Waals surface area (Å²) < 4.78 is 0.827. The molecular formula is C20H13BrN4O3S. The zero-order valence-corrected chi connectivity index (χ0v) is 17.2. The first-order valence-corrected chi connectivity index (χ1v) is 9.53. The highest BCUT2D eigenvalue weighted by Gasteiger charge is 2.38. The van der Waals surface area contributed by atoms with Gasteiger partial charge >= 0.3 is 0 Å². The number of benzene rings is 2. The Morgan fingerprint density at radius 3 is 2.45 bits per heavy atom.